The third kappa shape index (κ3) is 6.92. The molecule has 0 N–H and O–H groups in total. The van der Waals surface area contributed by atoms with E-state index >= 15 is 0 Å². The fourth-order valence-electron chi connectivity index (χ4n) is 1.58. The van der Waals surface area contributed by atoms with Crippen molar-refractivity contribution >= 4 is 7.52 Å². The molecule has 0 aromatic rings. The van der Waals surface area contributed by atoms with Crippen LogP contribution in [0.4, 0.5) is 0 Å². The van der Waals surface area contributed by atoms with Crippen LogP contribution in [0.1, 0.15) is 70.2 Å². The van der Waals surface area contributed by atoms with E-state index in [0.29, 0.717) is 6.61 Å². The van der Waals surface area contributed by atoms with Gasteiger partial charge in [0, 0.05) is 13.1 Å². The molecule has 0 radical (unpaired) electrons. The Balaban J connectivity index is -0.00000128. The lowest BCUT2D eigenvalue weighted by molar-refractivity contribution is 0.171. The molecule has 120 valence electrons. The van der Waals surface area contributed by atoms with Crippen molar-refractivity contribution in [1.82, 2.24) is 4.67 Å². The van der Waals surface area contributed by atoms with E-state index in [1.165, 1.54) is 0 Å². The molecule has 0 heterocycles. The molecular formula is C15H38NO2P. The first kappa shape index (κ1) is 24.2. The highest BCUT2D eigenvalue weighted by atomic mass is 31.2. The van der Waals surface area contributed by atoms with Crippen LogP contribution in [0.3, 0.4) is 0 Å². The molecule has 0 aliphatic carbocycles. The third-order valence-electron chi connectivity index (χ3n) is 2.62. The van der Waals surface area contributed by atoms with Crippen LogP contribution < -0.4 is 0 Å². The fourth-order valence-corrected chi connectivity index (χ4v) is 4.28. The molecule has 4 heteroatoms. The maximum atomic E-state index is 13.1. The average molecular weight is 295 g/mol. The monoisotopic (exact) mass is 295 g/mol. The van der Waals surface area contributed by atoms with Gasteiger partial charge in [0.05, 0.1) is 11.8 Å². The largest absolute Gasteiger partial charge is 0.316 e. The van der Waals surface area contributed by atoms with Gasteiger partial charge in [-0.25, -0.2) is 4.67 Å². The maximum absolute atomic E-state index is 13.1. The van der Waals surface area contributed by atoms with E-state index < -0.39 is 7.52 Å². The molecule has 0 saturated heterocycles. The Hall–Kier alpha value is 0.150. The van der Waals surface area contributed by atoms with Gasteiger partial charge in [0.15, 0.2) is 0 Å². The quantitative estimate of drug-likeness (QED) is 0.613. The van der Waals surface area contributed by atoms with Gasteiger partial charge in [-0.15, -0.1) is 0 Å². The van der Waals surface area contributed by atoms with Crippen LogP contribution in [-0.4, -0.2) is 29.5 Å². The topological polar surface area (TPSA) is 29.5 Å². The van der Waals surface area contributed by atoms with Crippen molar-refractivity contribution in [2.45, 2.75) is 75.4 Å². The standard InChI is InChI=1S/C13H30NO2P.2CH4/c1-9-14(10-2)17(15,13(6,7)8)16-11-12(3,4)5;;/h9-11H2,1-8H3;2*1H4. The van der Waals surface area contributed by atoms with Crippen LogP contribution >= 0.6 is 7.52 Å². The number of hydrogen-bond acceptors (Lipinski definition) is 2. The Labute approximate surface area is 122 Å². The fraction of sp³-hybridized carbons (Fsp3) is 1.00. The van der Waals surface area contributed by atoms with Crippen molar-refractivity contribution in [1.29, 1.82) is 0 Å². The van der Waals surface area contributed by atoms with Gasteiger partial charge in [0.2, 0.25) is 0 Å². The Morgan fingerprint density at radius 3 is 1.53 bits per heavy atom. The summed E-state index contributed by atoms with van der Waals surface area (Å²) < 4.78 is 21.0. The highest BCUT2D eigenvalue weighted by molar-refractivity contribution is 7.58. The highest BCUT2D eigenvalue weighted by Crippen LogP contribution is 2.61. The molecule has 0 rings (SSSR count). The second-order valence-electron chi connectivity index (χ2n) is 6.66. The second-order valence-corrected chi connectivity index (χ2v) is 9.87. The summed E-state index contributed by atoms with van der Waals surface area (Å²) in [6, 6.07) is 0. The Kier molecular flexibility index (Phi) is 10.7. The molecule has 0 aromatic carbocycles. The van der Waals surface area contributed by atoms with Crippen molar-refractivity contribution in [2.75, 3.05) is 19.7 Å². The van der Waals surface area contributed by atoms with E-state index in [0.717, 1.165) is 13.1 Å². The molecule has 0 aromatic heterocycles. The summed E-state index contributed by atoms with van der Waals surface area (Å²) in [5.41, 5.74) is 0.0358. The van der Waals surface area contributed by atoms with Gasteiger partial charge in [-0.2, -0.15) is 0 Å². The second kappa shape index (κ2) is 8.44. The molecule has 1 atom stereocenters. The zero-order chi connectivity index (χ0) is 13.9. The van der Waals surface area contributed by atoms with Crippen molar-refractivity contribution in [3.8, 4) is 0 Å². The minimum Gasteiger partial charge on any atom is -0.316 e. The van der Waals surface area contributed by atoms with Gasteiger partial charge in [0.1, 0.15) is 0 Å². The zero-order valence-electron chi connectivity index (χ0n) is 12.8. The first-order chi connectivity index (χ1) is 7.48. The summed E-state index contributed by atoms with van der Waals surface area (Å²) >= 11 is 0. The lowest BCUT2D eigenvalue weighted by Crippen LogP contribution is -2.33. The molecule has 1 unspecified atom stereocenters. The first-order valence-corrected chi connectivity index (χ1v) is 8.06. The lowest BCUT2D eigenvalue weighted by atomic mass is 9.99. The van der Waals surface area contributed by atoms with E-state index in [4.69, 9.17) is 4.52 Å². The SMILES string of the molecule is C.C.CCN(CC)P(=O)(OCC(C)(C)C)C(C)(C)C. The Morgan fingerprint density at radius 2 is 1.32 bits per heavy atom. The highest BCUT2D eigenvalue weighted by Gasteiger charge is 2.43. The van der Waals surface area contributed by atoms with Gasteiger partial charge in [0.25, 0.3) is 7.52 Å². The molecule has 0 fully saturated rings. The van der Waals surface area contributed by atoms with Crippen LogP contribution in [0.2, 0.25) is 0 Å². The molecule has 0 saturated carbocycles. The summed E-state index contributed by atoms with van der Waals surface area (Å²) in [6.45, 7) is 18.4. The minimum atomic E-state index is -2.78. The van der Waals surface area contributed by atoms with E-state index in [9.17, 15) is 4.57 Å². The van der Waals surface area contributed by atoms with E-state index in [1.807, 2.05) is 39.3 Å². The number of rotatable bonds is 5. The van der Waals surface area contributed by atoms with Gasteiger partial charge in [-0.3, -0.25) is 4.57 Å². The van der Waals surface area contributed by atoms with E-state index in [-0.39, 0.29) is 25.4 Å². The zero-order valence-corrected chi connectivity index (χ0v) is 13.7. The summed E-state index contributed by atoms with van der Waals surface area (Å²) in [5.74, 6) is 0. The number of nitrogens with zero attached hydrogens (tertiary/aromatic N) is 1. The molecule has 0 aliphatic rings. The predicted molar refractivity (Wildman–Crippen MR) is 89.1 cm³/mol. The smallest absolute Gasteiger partial charge is 0.277 e. The molecule has 0 spiro atoms. The Bertz CT molecular complexity index is 273. The van der Waals surface area contributed by atoms with Crippen LogP contribution in [0, 0.1) is 5.41 Å². The maximum Gasteiger partial charge on any atom is 0.277 e. The van der Waals surface area contributed by atoms with Crippen LogP contribution in [0.15, 0.2) is 0 Å². The first-order valence-electron chi connectivity index (χ1n) is 6.48. The summed E-state index contributed by atoms with van der Waals surface area (Å²) in [6.07, 6.45) is 0. The van der Waals surface area contributed by atoms with Crippen LogP contribution in [0.25, 0.3) is 0 Å². The Morgan fingerprint density at radius 1 is 0.947 bits per heavy atom. The van der Waals surface area contributed by atoms with Crippen molar-refractivity contribution in [3.63, 3.8) is 0 Å². The lowest BCUT2D eigenvalue weighted by Gasteiger charge is -2.39. The van der Waals surface area contributed by atoms with Gasteiger partial charge in [-0.1, -0.05) is 49.5 Å². The molecule has 0 aliphatic heterocycles. The summed E-state index contributed by atoms with van der Waals surface area (Å²) in [7, 11) is -2.78. The molecule has 3 nitrogen and oxygen atoms in total. The summed E-state index contributed by atoms with van der Waals surface area (Å²) in [4.78, 5) is 0. The number of hydrogen-bond donors (Lipinski definition) is 0. The molecule has 0 amide bonds. The van der Waals surface area contributed by atoms with E-state index in [1.54, 1.807) is 0 Å². The average Bonchev–Trinajstić information content (AvgIpc) is 2.13. The minimum absolute atomic E-state index is 0. The molecular weight excluding hydrogens is 257 g/mol. The third-order valence-corrected chi connectivity index (χ3v) is 6.11. The van der Waals surface area contributed by atoms with Crippen LogP contribution in [0.5, 0.6) is 0 Å². The van der Waals surface area contributed by atoms with Gasteiger partial charge < -0.3 is 4.52 Å². The van der Waals surface area contributed by atoms with E-state index in [2.05, 4.69) is 20.8 Å². The van der Waals surface area contributed by atoms with Gasteiger partial charge >= 0.3 is 0 Å². The van der Waals surface area contributed by atoms with Crippen molar-refractivity contribution in [3.05, 3.63) is 0 Å². The summed E-state index contributed by atoms with van der Waals surface area (Å²) in [5, 5.41) is -0.343. The predicted octanol–water partition coefficient (Wildman–Crippen LogP) is 5.65. The molecule has 19 heavy (non-hydrogen) atoms. The molecule has 0 bridgehead atoms. The van der Waals surface area contributed by atoms with Gasteiger partial charge in [-0.05, 0) is 26.2 Å². The van der Waals surface area contributed by atoms with Crippen LogP contribution in [-0.2, 0) is 9.09 Å². The normalized spacial score (nSPS) is 15.4. The van der Waals surface area contributed by atoms with Crippen molar-refractivity contribution < 1.29 is 9.09 Å². The van der Waals surface area contributed by atoms with Crippen molar-refractivity contribution in [2.24, 2.45) is 5.41 Å².